The van der Waals surface area contributed by atoms with E-state index in [0.717, 1.165) is 57.6 Å². The molecule has 0 aliphatic carbocycles. The lowest BCUT2D eigenvalue weighted by molar-refractivity contribution is 0.0704. The molecule has 1 aromatic rings. The Morgan fingerprint density at radius 1 is 1.20 bits per heavy atom. The van der Waals surface area contributed by atoms with Gasteiger partial charge in [0, 0.05) is 38.3 Å². The van der Waals surface area contributed by atoms with E-state index < -0.39 is 15.1 Å². The normalized spacial score (nSPS) is 22.8. The van der Waals surface area contributed by atoms with Crippen molar-refractivity contribution in [1.29, 1.82) is 0 Å². The van der Waals surface area contributed by atoms with Gasteiger partial charge in [0.15, 0.2) is 0 Å². The molecule has 8 heteroatoms. The highest BCUT2D eigenvalue weighted by atomic mass is 32.3. The molecule has 0 spiro atoms. The Hall–Kier alpha value is -1.51. The quantitative estimate of drug-likeness (QED) is 0.755. The van der Waals surface area contributed by atoms with Gasteiger partial charge in [0.25, 0.3) is 5.91 Å². The van der Waals surface area contributed by atoms with E-state index in [-0.39, 0.29) is 17.6 Å². The Bertz CT molecular complexity index is 719. The van der Waals surface area contributed by atoms with Crippen LogP contribution in [0, 0.1) is 0 Å². The molecule has 1 unspecified atom stereocenters. The van der Waals surface area contributed by atoms with E-state index in [0.29, 0.717) is 13.1 Å². The Morgan fingerprint density at radius 2 is 2.04 bits per heavy atom. The summed E-state index contributed by atoms with van der Waals surface area (Å²) >= 11 is 0. The zero-order chi connectivity index (χ0) is 17.9. The summed E-state index contributed by atoms with van der Waals surface area (Å²) in [5.41, 5.74) is 0.200. The Morgan fingerprint density at radius 3 is 2.76 bits per heavy atom. The van der Waals surface area contributed by atoms with Gasteiger partial charge in [0.2, 0.25) is 0 Å². The molecule has 1 amide bonds. The van der Waals surface area contributed by atoms with Crippen molar-refractivity contribution in [2.75, 3.05) is 39.3 Å². The highest BCUT2D eigenvalue weighted by molar-refractivity contribution is 7.86. The molecule has 2 saturated heterocycles. The monoisotopic (exact) mass is 370 g/mol. The van der Waals surface area contributed by atoms with Crippen LogP contribution in [0.2, 0.25) is 0 Å². The molecule has 2 aliphatic rings. The molecule has 0 bridgehead atoms. The van der Waals surface area contributed by atoms with Crippen LogP contribution in [-0.2, 0) is 15.0 Å². The first-order valence-electron chi connectivity index (χ1n) is 8.61. The molecule has 3 rings (SSSR count). The zero-order valence-corrected chi connectivity index (χ0v) is 14.9. The summed E-state index contributed by atoms with van der Waals surface area (Å²) in [4.78, 5) is 16.2. The largest absolute Gasteiger partial charge is 0.377 e. The second-order valence-corrected chi connectivity index (χ2v) is 7.89. The van der Waals surface area contributed by atoms with Crippen LogP contribution in [0.4, 0.5) is 3.89 Å². The standard InChI is InChI=1S/C17H23FN2O4S/c18-25(22,23)16-6-1-4-14(12-16)17(21)20-8-3-7-19(9-10-20)13-15-5-2-11-24-15/h1,4,6,12,15H,2-3,5,7-11,13H2. The zero-order valence-electron chi connectivity index (χ0n) is 14.1. The number of carbonyl (C=O) groups excluding carboxylic acids is 1. The summed E-state index contributed by atoms with van der Waals surface area (Å²) < 4.78 is 40.9. The fourth-order valence-electron chi connectivity index (χ4n) is 3.40. The molecule has 2 fully saturated rings. The van der Waals surface area contributed by atoms with Crippen LogP contribution in [0.15, 0.2) is 29.2 Å². The lowest BCUT2D eigenvalue weighted by Crippen LogP contribution is -2.37. The number of ether oxygens (including phenoxy) is 1. The van der Waals surface area contributed by atoms with E-state index in [1.54, 1.807) is 4.90 Å². The van der Waals surface area contributed by atoms with E-state index >= 15 is 0 Å². The van der Waals surface area contributed by atoms with Gasteiger partial charge in [-0.3, -0.25) is 9.69 Å². The smallest absolute Gasteiger partial charge is 0.332 e. The molecule has 0 aromatic heterocycles. The second kappa shape index (κ2) is 7.80. The van der Waals surface area contributed by atoms with Crippen molar-refractivity contribution >= 4 is 16.1 Å². The fourth-order valence-corrected chi connectivity index (χ4v) is 3.91. The van der Waals surface area contributed by atoms with Crippen molar-refractivity contribution in [2.24, 2.45) is 0 Å². The first-order valence-corrected chi connectivity index (χ1v) is 10.00. The number of benzene rings is 1. The predicted octanol–water partition coefficient (Wildman–Crippen LogP) is 1.67. The van der Waals surface area contributed by atoms with Crippen molar-refractivity contribution < 1.29 is 21.8 Å². The number of hydrogen-bond acceptors (Lipinski definition) is 5. The molecule has 2 aliphatic heterocycles. The molecule has 25 heavy (non-hydrogen) atoms. The lowest BCUT2D eigenvalue weighted by Gasteiger charge is -2.24. The van der Waals surface area contributed by atoms with E-state index in [9.17, 15) is 17.1 Å². The molecule has 0 radical (unpaired) electrons. The van der Waals surface area contributed by atoms with Crippen molar-refractivity contribution in [3.8, 4) is 0 Å². The van der Waals surface area contributed by atoms with Gasteiger partial charge < -0.3 is 9.64 Å². The summed E-state index contributed by atoms with van der Waals surface area (Å²) in [6.45, 7) is 4.55. The topological polar surface area (TPSA) is 66.9 Å². The number of carbonyl (C=O) groups is 1. The van der Waals surface area contributed by atoms with Crippen LogP contribution >= 0.6 is 0 Å². The highest BCUT2D eigenvalue weighted by Crippen LogP contribution is 2.18. The molecule has 1 aromatic carbocycles. The molecule has 6 nitrogen and oxygen atoms in total. The van der Waals surface area contributed by atoms with Crippen LogP contribution < -0.4 is 0 Å². The molecule has 1 atom stereocenters. The van der Waals surface area contributed by atoms with Crippen molar-refractivity contribution in [3.05, 3.63) is 29.8 Å². The third kappa shape index (κ3) is 4.77. The minimum Gasteiger partial charge on any atom is -0.377 e. The molecule has 138 valence electrons. The molecule has 0 saturated carbocycles. The van der Waals surface area contributed by atoms with Crippen LogP contribution in [0.1, 0.15) is 29.6 Å². The van der Waals surface area contributed by atoms with Crippen molar-refractivity contribution in [3.63, 3.8) is 0 Å². The van der Waals surface area contributed by atoms with E-state index in [2.05, 4.69) is 4.90 Å². The predicted molar refractivity (Wildman–Crippen MR) is 90.7 cm³/mol. The average Bonchev–Trinajstić information content (AvgIpc) is 2.98. The van der Waals surface area contributed by atoms with Crippen LogP contribution in [0.3, 0.4) is 0 Å². The summed E-state index contributed by atoms with van der Waals surface area (Å²) in [5, 5.41) is 0. The molecule has 0 N–H and O–H groups in total. The lowest BCUT2D eigenvalue weighted by atomic mass is 10.2. The molecular formula is C17H23FN2O4S. The van der Waals surface area contributed by atoms with Gasteiger partial charge in [-0.2, -0.15) is 8.42 Å². The summed E-state index contributed by atoms with van der Waals surface area (Å²) in [6.07, 6.45) is 3.33. The molecular weight excluding hydrogens is 347 g/mol. The van der Waals surface area contributed by atoms with Crippen LogP contribution in [0.5, 0.6) is 0 Å². The summed E-state index contributed by atoms with van der Waals surface area (Å²) in [5.74, 6) is -0.260. The SMILES string of the molecule is O=C(c1cccc(S(=O)(=O)F)c1)N1CCCN(CC2CCCO2)CC1. The van der Waals surface area contributed by atoms with E-state index in [1.165, 1.54) is 12.1 Å². The number of rotatable bonds is 4. The number of nitrogens with zero attached hydrogens (tertiary/aromatic N) is 2. The van der Waals surface area contributed by atoms with Gasteiger partial charge in [0.1, 0.15) is 0 Å². The first-order chi connectivity index (χ1) is 11.9. The maximum Gasteiger partial charge on any atom is 0.332 e. The van der Waals surface area contributed by atoms with Crippen LogP contribution in [-0.4, -0.2) is 69.6 Å². The minimum absolute atomic E-state index is 0.200. The van der Waals surface area contributed by atoms with Crippen molar-refractivity contribution in [1.82, 2.24) is 9.80 Å². The van der Waals surface area contributed by atoms with E-state index in [4.69, 9.17) is 4.74 Å². The van der Waals surface area contributed by atoms with Gasteiger partial charge in [-0.15, -0.1) is 3.89 Å². The Balaban J connectivity index is 1.63. The third-order valence-corrected chi connectivity index (χ3v) is 5.54. The first kappa shape index (κ1) is 18.3. The van der Waals surface area contributed by atoms with Crippen molar-refractivity contribution in [2.45, 2.75) is 30.3 Å². The number of halogens is 1. The van der Waals surface area contributed by atoms with Gasteiger partial charge in [0.05, 0.1) is 11.0 Å². The average molecular weight is 370 g/mol. The second-order valence-electron chi connectivity index (χ2n) is 6.55. The maximum atomic E-state index is 13.1. The van der Waals surface area contributed by atoms with Crippen LogP contribution in [0.25, 0.3) is 0 Å². The Kier molecular flexibility index (Phi) is 5.71. The minimum atomic E-state index is -4.81. The van der Waals surface area contributed by atoms with E-state index in [1.807, 2.05) is 0 Å². The Labute approximate surface area is 147 Å². The molecule has 2 heterocycles. The van der Waals surface area contributed by atoms with Gasteiger partial charge >= 0.3 is 10.2 Å². The van der Waals surface area contributed by atoms with Gasteiger partial charge in [-0.25, -0.2) is 0 Å². The maximum absolute atomic E-state index is 13.1. The summed E-state index contributed by atoms with van der Waals surface area (Å²) in [7, 11) is -4.81. The fraction of sp³-hybridized carbons (Fsp3) is 0.588. The van der Waals surface area contributed by atoms with Gasteiger partial charge in [-0.05, 0) is 44.0 Å². The highest BCUT2D eigenvalue weighted by Gasteiger charge is 2.24. The number of hydrogen-bond donors (Lipinski definition) is 0. The third-order valence-electron chi connectivity index (χ3n) is 4.72. The number of amides is 1. The summed E-state index contributed by atoms with van der Waals surface area (Å²) in [6, 6.07) is 5.16. The van der Waals surface area contributed by atoms with Gasteiger partial charge in [-0.1, -0.05) is 6.07 Å².